The molecular weight excluding hydrogens is 1520 g/mol. The molecule has 5 N–H and O–H groups in total. The Morgan fingerprint density at radius 3 is 1.20 bits per heavy atom. The monoisotopic (exact) mass is 1670 g/mol. The molecule has 7 saturated heterocycles. The molecule has 15 rings (SSSR count). The van der Waals surface area contributed by atoms with Crippen molar-refractivity contribution in [2.24, 2.45) is 94.4 Å². The summed E-state index contributed by atoms with van der Waals surface area (Å²) in [5.41, 5.74) is 1.79. The van der Waals surface area contributed by atoms with Gasteiger partial charge in [-0.05, 0) is 217 Å². The van der Waals surface area contributed by atoms with Crippen molar-refractivity contribution in [2.45, 2.75) is 330 Å². The fraction of sp³-hybridized carbons (Fsp3) is 0.857. The fourth-order valence-corrected chi connectivity index (χ4v) is 29.6. The first kappa shape index (κ1) is 88.5. The number of Topliss-reactive ketones (excluding diaryl/α,β-unsaturated/α-hetero) is 4. The third kappa shape index (κ3) is 15.1. The van der Waals surface area contributed by atoms with E-state index in [0.717, 1.165) is 154 Å². The van der Waals surface area contributed by atoms with Gasteiger partial charge in [0.15, 0.2) is 23.1 Å². The van der Waals surface area contributed by atoms with Gasteiger partial charge in [-0.1, -0.05) is 125 Å². The molecule has 8 saturated carbocycles. The molecule has 24 nitrogen and oxygen atoms in total. The number of carbonyl (C=O) groups excluding carboxylic acids is 9. The van der Waals surface area contributed by atoms with Gasteiger partial charge in [0.05, 0.1) is 52.9 Å². The number of nitrogens with two attached hydrogens (primary N) is 1. The predicted octanol–water partition coefficient (Wildman–Crippen LogP) is 11.6. The Kier molecular flexibility index (Phi) is 24.5. The highest BCUT2D eigenvalue weighted by atomic mass is 32.2. The van der Waals surface area contributed by atoms with Crippen molar-refractivity contribution in [3.05, 3.63) is 25.3 Å². The molecule has 0 unspecified atom stereocenters. The van der Waals surface area contributed by atoms with Crippen LogP contribution in [0.25, 0.3) is 0 Å². The van der Waals surface area contributed by atoms with Crippen LogP contribution in [0, 0.1) is 88.7 Å². The van der Waals surface area contributed by atoms with Gasteiger partial charge >= 0.3 is 20.4 Å². The molecule has 0 aromatic carbocycles. The Balaban J connectivity index is 0.000000196. The molecule has 15 fully saturated rings. The highest BCUT2D eigenvalue weighted by Gasteiger charge is 2.87. The van der Waals surface area contributed by atoms with Crippen LogP contribution in [0.5, 0.6) is 0 Å². The largest absolute Gasteiger partial charge is 0.381 e. The van der Waals surface area contributed by atoms with Crippen LogP contribution >= 0.6 is 0 Å². The average Bonchev–Trinajstić information content (AvgIpc) is 1.46. The summed E-state index contributed by atoms with van der Waals surface area (Å²) in [6.45, 7) is 34.7. The van der Waals surface area contributed by atoms with Crippen LogP contribution in [0.15, 0.2) is 25.3 Å². The summed E-state index contributed by atoms with van der Waals surface area (Å²) in [5, 5.41) is 3.36. The molecule has 654 valence electrons. The Morgan fingerprint density at radius 2 is 0.838 bits per heavy atom. The maximum atomic E-state index is 15.9. The van der Waals surface area contributed by atoms with Crippen molar-refractivity contribution in [1.29, 1.82) is 0 Å². The first-order valence-electron chi connectivity index (χ1n) is 45.7. The molecule has 117 heavy (non-hydrogen) atoms. The van der Waals surface area contributed by atoms with Crippen LogP contribution in [0.4, 0.5) is 0 Å². The van der Waals surface area contributed by atoms with E-state index >= 15 is 19.2 Å². The van der Waals surface area contributed by atoms with Crippen LogP contribution in [0.2, 0.25) is 0 Å². The summed E-state index contributed by atoms with van der Waals surface area (Å²) < 4.78 is 71.9. The molecule has 5 amide bonds. The van der Waals surface area contributed by atoms with Crippen molar-refractivity contribution in [2.75, 3.05) is 72.2 Å². The van der Waals surface area contributed by atoms with E-state index in [0.29, 0.717) is 117 Å². The van der Waals surface area contributed by atoms with E-state index in [9.17, 15) is 40.8 Å². The average molecular weight is 1670 g/mol. The third-order valence-electron chi connectivity index (χ3n) is 36.2. The Labute approximate surface area is 698 Å². The number of hydrogen-bond donors (Lipinski definition) is 4. The number of nitrogens with zero attached hydrogens (tertiary/aromatic N) is 5. The molecule has 7 aliphatic heterocycles. The maximum absolute atomic E-state index is 15.9. The summed E-state index contributed by atoms with van der Waals surface area (Å²) >= 11 is 0. The topological polar surface area (TPSA) is 319 Å². The van der Waals surface area contributed by atoms with Crippen molar-refractivity contribution < 1.29 is 69.5 Å². The number of carbonyl (C=O) groups is 9. The molecule has 0 bridgehead atoms. The molecular formula is C91H143N9O15S2. The zero-order valence-corrected chi connectivity index (χ0v) is 74.3. The Morgan fingerprint density at radius 1 is 0.453 bits per heavy atom. The van der Waals surface area contributed by atoms with Crippen molar-refractivity contribution >= 4 is 73.1 Å². The number of nitrogens with one attached hydrogen (secondary N) is 3. The number of amides is 5. The number of hydrogen-bond acceptors (Lipinski definition) is 17. The van der Waals surface area contributed by atoms with Crippen LogP contribution in [0.3, 0.4) is 0 Å². The van der Waals surface area contributed by atoms with E-state index in [-0.39, 0.29) is 128 Å². The summed E-state index contributed by atoms with van der Waals surface area (Å²) in [6, 6.07) is -3.12. The van der Waals surface area contributed by atoms with Crippen molar-refractivity contribution in [1.82, 2.24) is 38.1 Å². The second kappa shape index (κ2) is 32.4. The minimum Gasteiger partial charge on any atom is -0.381 e. The molecule has 0 radical (unpaired) electrons. The second-order valence-electron chi connectivity index (χ2n) is 42.6. The van der Waals surface area contributed by atoms with Crippen molar-refractivity contribution in [3.8, 4) is 0 Å². The standard InChI is InChI=1S/C50H79N5O8S.C41H64N4O7S/c1-8-35-30-48(35,44(60)52-64(61,62)53-24-14-15-25-53)32-40(57)38-31-50(45(4,5)49(50)20-16-21-49)33-55(38)43(59)36(46(6)22-27-63-28-23-46)29-39(56)41(47(7)18-11-9-12-19-47)51-42(58)37-17-10-13-26-54(37)34(2)3;1-6-28-24-39(28,35(49)43-53(50,51)44-19-10-11-20-44)26-32(47)30-25-41(36(2,3)40(41)15-12-16-40)27-45(30)34(48)29(37(4)17-21-52-22-18-37)23-31(46)33(42)38(5)13-8-7-9-14-38/h8,34-38,41H,1,9-33H2,2-7H3,(H,51,58)(H,52,60);6,28-30,33H,1,7-27,42H2,2-5H3,(H,43,49)/t35-,36-,37+,38+,41-,48-,50-;28-,29-,30+,33-,39-,41-/m11/s1. The maximum Gasteiger partial charge on any atom is 0.303 e. The van der Waals surface area contributed by atoms with Gasteiger partial charge < -0.3 is 30.3 Å². The molecule has 8 aliphatic carbocycles. The minimum atomic E-state index is -4.08. The molecule has 13 atom stereocenters. The lowest BCUT2D eigenvalue weighted by Crippen LogP contribution is -2.59. The van der Waals surface area contributed by atoms with Crippen LogP contribution in [-0.4, -0.2) is 201 Å². The van der Waals surface area contributed by atoms with E-state index in [1.54, 1.807) is 12.2 Å². The Bertz CT molecular complexity index is 4100. The highest BCUT2D eigenvalue weighted by Crippen LogP contribution is 2.89. The Hall–Kier alpha value is -4.83. The molecule has 4 spiro atoms. The molecule has 15 aliphatic rings. The number of ether oxygens (including phenoxy) is 2. The van der Waals surface area contributed by atoms with Gasteiger partial charge in [-0.25, -0.2) is 9.44 Å². The van der Waals surface area contributed by atoms with Gasteiger partial charge in [0.25, 0.3) is 0 Å². The van der Waals surface area contributed by atoms with E-state index in [4.69, 9.17) is 15.2 Å². The van der Waals surface area contributed by atoms with E-state index in [1.165, 1.54) is 8.61 Å². The second-order valence-corrected chi connectivity index (χ2v) is 45.9. The lowest BCUT2D eigenvalue weighted by molar-refractivity contribution is -0.150. The fourth-order valence-electron chi connectivity index (χ4n) is 27.0. The summed E-state index contributed by atoms with van der Waals surface area (Å²) in [7, 11) is -8.12. The van der Waals surface area contributed by atoms with Gasteiger partial charge in [0, 0.05) is 108 Å². The molecule has 0 aromatic rings. The third-order valence-corrected chi connectivity index (χ3v) is 39.1. The van der Waals surface area contributed by atoms with Crippen molar-refractivity contribution in [3.63, 3.8) is 0 Å². The lowest BCUT2D eigenvalue weighted by Gasteiger charge is -2.45. The van der Waals surface area contributed by atoms with Crippen LogP contribution in [0.1, 0.15) is 294 Å². The number of ketones is 4. The van der Waals surface area contributed by atoms with Crippen LogP contribution in [-0.2, 0) is 73.0 Å². The molecule has 26 heteroatoms. The number of fused-ring (bicyclic) bond motifs is 2. The molecule has 7 heterocycles. The van der Waals surface area contributed by atoms with Gasteiger partial charge in [0.1, 0.15) is 0 Å². The zero-order chi connectivity index (χ0) is 84.3. The smallest absolute Gasteiger partial charge is 0.303 e. The van der Waals surface area contributed by atoms with E-state index < -0.39 is 95.3 Å². The predicted molar refractivity (Wildman–Crippen MR) is 446 cm³/mol. The number of rotatable bonds is 29. The SMILES string of the molecule is C=C[C@@H]1C[C@]1(CC(=O)[C@@H]1C[C@@]2(CN1C(=O)[C@@H](CC(=O)[C@@H](N)C1(C)CCCCC1)C1(C)CCOCC1)C(C)(C)C21CCC1)C(=O)NS(=O)(=O)N1CCCC1.C=C[C@@H]1C[C@]1(CC(=O)[C@@H]1C[C@@]2(CN1C(=O)[C@@H](CC(=O)[C@@H](NC(=O)[C@@H]1CCCCN1C(C)C)C1(C)CCCCC1)C1(C)CCOCC1)C(C)(C)C21CCC1)C(=O)NS(=O)(=O)N1CCCC1. The highest BCUT2D eigenvalue weighted by molar-refractivity contribution is 7.88. The van der Waals surface area contributed by atoms with E-state index in [1.807, 2.05) is 9.80 Å². The van der Waals surface area contributed by atoms with Gasteiger partial charge in [-0.15, -0.1) is 13.2 Å². The number of piperidine rings is 1. The summed E-state index contributed by atoms with van der Waals surface area (Å²) in [5.74, 6) is -4.59. The molecule has 0 aromatic heterocycles. The first-order chi connectivity index (χ1) is 55.1. The first-order valence-corrected chi connectivity index (χ1v) is 48.6. The van der Waals surface area contributed by atoms with E-state index in [2.05, 4.69) is 102 Å². The minimum absolute atomic E-state index is 0.0114. The van der Waals surface area contributed by atoms with Gasteiger partial charge in [-0.2, -0.15) is 25.4 Å². The zero-order valence-electron chi connectivity index (χ0n) is 72.6. The summed E-state index contributed by atoms with van der Waals surface area (Å²) in [6.07, 6.45) is 28.8. The van der Waals surface area contributed by atoms with Crippen LogP contribution < -0.4 is 20.5 Å². The van der Waals surface area contributed by atoms with Gasteiger partial charge in [0.2, 0.25) is 29.5 Å². The number of allylic oxidation sites excluding steroid dienone is 2. The lowest BCUT2D eigenvalue weighted by atomic mass is 9.65. The number of likely N-dealkylation sites (tertiary alicyclic amines) is 3. The normalized spacial score (nSPS) is 34.3. The summed E-state index contributed by atoms with van der Waals surface area (Å²) in [4.78, 5) is 139. The van der Waals surface area contributed by atoms with Gasteiger partial charge in [-0.3, -0.25) is 48.1 Å². The quantitative estimate of drug-likeness (QED) is 0.0506.